The second-order valence-electron chi connectivity index (χ2n) is 5.37. The van der Waals surface area contributed by atoms with Crippen LogP contribution in [0.25, 0.3) is 0 Å². The van der Waals surface area contributed by atoms with Crippen LogP contribution >= 0.6 is 11.6 Å². The van der Waals surface area contributed by atoms with Crippen molar-refractivity contribution >= 4 is 11.6 Å². The molecular formula is C13H23ClN2O. The fraction of sp³-hybridized carbons (Fsp3) is 0.846. The van der Waals surface area contributed by atoms with Gasteiger partial charge in [0, 0.05) is 29.5 Å². The van der Waals surface area contributed by atoms with Crippen molar-refractivity contribution in [2.75, 3.05) is 0 Å². The van der Waals surface area contributed by atoms with Gasteiger partial charge in [0.15, 0.2) is 0 Å². The highest BCUT2D eigenvalue weighted by Crippen LogP contribution is 2.27. The van der Waals surface area contributed by atoms with E-state index in [1.807, 2.05) is 0 Å². The van der Waals surface area contributed by atoms with E-state index in [0.29, 0.717) is 12.0 Å². The summed E-state index contributed by atoms with van der Waals surface area (Å²) in [5.41, 5.74) is 6.98. The molecule has 0 aromatic carbocycles. The van der Waals surface area contributed by atoms with Crippen molar-refractivity contribution in [1.29, 1.82) is 0 Å². The fourth-order valence-electron chi connectivity index (χ4n) is 2.75. The first kappa shape index (κ1) is 13.2. The third-order valence-electron chi connectivity index (χ3n) is 3.91. The lowest BCUT2D eigenvalue weighted by Crippen LogP contribution is -2.40. The van der Waals surface area contributed by atoms with Crippen LogP contribution in [0.3, 0.4) is 0 Å². The first-order valence-electron chi connectivity index (χ1n) is 6.68. The van der Waals surface area contributed by atoms with Crippen LogP contribution in [-0.2, 0) is 0 Å². The van der Waals surface area contributed by atoms with Crippen LogP contribution < -0.4 is 11.1 Å². The molecule has 3 nitrogen and oxygen atoms in total. The molecule has 17 heavy (non-hydrogen) atoms. The third kappa shape index (κ3) is 3.87. The number of rotatable bonds is 3. The topological polar surface area (TPSA) is 58.3 Å². The Balaban J connectivity index is 1.80. The highest BCUT2D eigenvalue weighted by Gasteiger charge is 2.25. The maximum atomic E-state index is 10.2. The van der Waals surface area contributed by atoms with E-state index in [1.54, 1.807) is 0 Å². The Hall–Kier alpha value is -0.250. The third-order valence-corrected chi connectivity index (χ3v) is 4.28. The molecular weight excluding hydrogens is 236 g/mol. The first-order chi connectivity index (χ1) is 8.15. The lowest BCUT2D eigenvalue weighted by atomic mass is 9.85. The fourth-order valence-corrected chi connectivity index (χ4v) is 3.04. The molecule has 0 heterocycles. The Kier molecular flexibility index (Phi) is 4.71. The number of hydrogen-bond donors (Lipinski definition) is 3. The van der Waals surface area contributed by atoms with Crippen LogP contribution in [0.5, 0.6) is 0 Å². The summed E-state index contributed by atoms with van der Waals surface area (Å²) in [4.78, 5) is 0. The minimum absolute atomic E-state index is 0.217. The van der Waals surface area contributed by atoms with Gasteiger partial charge in [-0.2, -0.15) is 0 Å². The Morgan fingerprint density at radius 2 is 2.00 bits per heavy atom. The number of hydrogen-bond acceptors (Lipinski definition) is 3. The minimum atomic E-state index is -0.435. The van der Waals surface area contributed by atoms with Crippen LogP contribution in [-0.4, -0.2) is 22.8 Å². The molecule has 0 spiro atoms. The van der Waals surface area contributed by atoms with Crippen molar-refractivity contribution in [2.45, 2.75) is 62.6 Å². The summed E-state index contributed by atoms with van der Waals surface area (Å²) in [7, 11) is 0. The van der Waals surface area contributed by atoms with Gasteiger partial charge < -0.3 is 16.2 Å². The zero-order valence-electron chi connectivity index (χ0n) is 10.2. The van der Waals surface area contributed by atoms with Crippen LogP contribution in [0.1, 0.15) is 44.9 Å². The maximum absolute atomic E-state index is 10.2. The monoisotopic (exact) mass is 258 g/mol. The summed E-state index contributed by atoms with van der Waals surface area (Å²) >= 11 is 6.12. The number of allylic oxidation sites excluding steroid dienone is 2. The number of aliphatic hydroxyl groups excluding tert-OH is 1. The molecule has 0 saturated heterocycles. The van der Waals surface area contributed by atoms with Crippen molar-refractivity contribution in [3.63, 3.8) is 0 Å². The molecule has 1 fully saturated rings. The first-order valence-corrected chi connectivity index (χ1v) is 7.12. The zero-order valence-corrected chi connectivity index (χ0v) is 11.0. The molecule has 1 saturated carbocycles. The number of halogens is 1. The molecule has 0 aromatic rings. The average Bonchev–Trinajstić information content (AvgIpc) is 2.29. The zero-order chi connectivity index (χ0) is 12.3. The highest BCUT2D eigenvalue weighted by molar-refractivity contribution is 6.20. The summed E-state index contributed by atoms with van der Waals surface area (Å²) in [5, 5.41) is 13.6. The van der Waals surface area contributed by atoms with Gasteiger partial charge in [0.1, 0.15) is 6.23 Å². The van der Waals surface area contributed by atoms with E-state index in [4.69, 9.17) is 17.3 Å². The van der Waals surface area contributed by atoms with Gasteiger partial charge in [-0.1, -0.05) is 6.08 Å². The van der Waals surface area contributed by atoms with E-state index in [0.717, 1.165) is 50.6 Å². The molecule has 2 rings (SSSR count). The van der Waals surface area contributed by atoms with E-state index < -0.39 is 6.23 Å². The Morgan fingerprint density at radius 3 is 2.65 bits per heavy atom. The van der Waals surface area contributed by atoms with Crippen molar-refractivity contribution in [2.24, 2.45) is 11.7 Å². The summed E-state index contributed by atoms with van der Waals surface area (Å²) in [6.45, 7) is 0. The van der Waals surface area contributed by atoms with Gasteiger partial charge >= 0.3 is 0 Å². The van der Waals surface area contributed by atoms with E-state index in [9.17, 15) is 5.11 Å². The molecule has 0 aliphatic heterocycles. The summed E-state index contributed by atoms with van der Waals surface area (Å²) < 4.78 is 0. The second-order valence-corrected chi connectivity index (χ2v) is 5.99. The van der Waals surface area contributed by atoms with Gasteiger partial charge in [-0.25, -0.2) is 0 Å². The number of aliphatic hydroxyl groups is 1. The van der Waals surface area contributed by atoms with E-state index >= 15 is 0 Å². The lowest BCUT2D eigenvalue weighted by Gasteiger charge is -2.32. The van der Waals surface area contributed by atoms with Crippen LogP contribution in [0.4, 0.5) is 0 Å². The molecule has 4 heteroatoms. The molecule has 2 atom stereocenters. The van der Waals surface area contributed by atoms with E-state index in [1.165, 1.54) is 0 Å². The highest BCUT2D eigenvalue weighted by atomic mass is 35.5. The van der Waals surface area contributed by atoms with Crippen LogP contribution in [0.15, 0.2) is 11.8 Å². The lowest BCUT2D eigenvalue weighted by molar-refractivity contribution is 0.0600. The van der Waals surface area contributed by atoms with Crippen molar-refractivity contribution in [1.82, 2.24) is 5.32 Å². The van der Waals surface area contributed by atoms with Gasteiger partial charge in [0.25, 0.3) is 0 Å². The maximum Gasteiger partial charge on any atom is 0.127 e. The van der Waals surface area contributed by atoms with Crippen molar-refractivity contribution < 1.29 is 5.11 Å². The van der Waals surface area contributed by atoms with Gasteiger partial charge in [0.05, 0.1) is 0 Å². The molecule has 1 unspecified atom stereocenters. The van der Waals surface area contributed by atoms with Gasteiger partial charge in [-0.3, -0.25) is 0 Å². The molecule has 0 aromatic heterocycles. The number of nitrogens with two attached hydrogens (primary N) is 1. The standard InChI is InChI=1S/C13H23ClN2O/c14-10-2-1-3-12(8-10)16-13(17)9-4-6-11(15)7-5-9/h3,9-11,13,16-17H,1-2,4-8,15H2/t9?,10?,11?,13-/m1/s1. The second kappa shape index (κ2) is 6.07. The summed E-state index contributed by atoms with van der Waals surface area (Å²) in [6, 6.07) is 0.333. The van der Waals surface area contributed by atoms with Crippen LogP contribution in [0, 0.1) is 5.92 Å². The van der Waals surface area contributed by atoms with Gasteiger partial charge in [-0.05, 0) is 38.5 Å². The van der Waals surface area contributed by atoms with Crippen molar-refractivity contribution in [3.8, 4) is 0 Å². The van der Waals surface area contributed by atoms with E-state index in [2.05, 4.69) is 11.4 Å². The molecule has 4 N–H and O–H groups in total. The normalized spacial score (nSPS) is 36.2. The molecule has 0 amide bonds. The molecule has 0 radical (unpaired) electrons. The predicted molar refractivity (Wildman–Crippen MR) is 70.7 cm³/mol. The minimum Gasteiger partial charge on any atom is -0.374 e. The van der Waals surface area contributed by atoms with Gasteiger partial charge in [-0.15, -0.1) is 11.6 Å². The Bertz CT molecular complexity index is 275. The molecule has 2 aliphatic carbocycles. The SMILES string of the molecule is NC1CCC([C@@H](O)NC2=CCCC(Cl)C2)CC1. The summed E-state index contributed by atoms with van der Waals surface area (Å²) in [5.74, 6) is 0.339. The summed E-state index contributed by atoms with van der Waals surface area (Å²) in [6.07, 6.45) is 8.73. The predicted octanol–water partition coefficient (Wildman–Crippen LogP) is 2.09. The van der Waals surface area contributed by atoms with Crippen molar-refractivity contribution in [3.05, 3.63) is 11.8 Å². The van der Waals surface area contributed by atoms with Gasteiger partial charge in [0.2, 0.25) is 0 Å². The van der Waals surface area contributed by atoms with E-state index in [-0.39, 0.29) is 5.38 Å². The molecule has 98 valence electrons. The quantitative estimate of drug-likeness (QED) is 0.537. The number of nitrogens with one attached hydrogen (secondary N) is 1. The largest absolute Gasteiger partial charge is 0.374 e. The van der Waals surface area contributed by atoms with Crippen LogP contribution in [0.2, 0.25) is 0 Å². The average molecular weight is 259 g/mol. The Labute approximate surface area is 108 Å². The Morgan fingerprint density at radius 1 is 1.29 bits per heavy atom. The smallest absolute Gasteiger partial charge is 0.127 e. The molecule has 2 aliphatic rings. The molecule has 0 bridgehead atoms. The number of alkyl halides is 1.